The van der Waals surface area contributed by atoms with Gasteiger partial charge < -0.3 is 9.73 Å². The lowest BCUT2D eigenvalue weighted by Crippen LogP contribution is -2.36. The number of amides is 2. The summed E-state index contributed by atoms with van der Waals surface area (Å²) < 4.78 is 5.38. The zero-order chi connectivity index (χ0) is 13.7. The highest BCUT2D eigenvalue weighted by Gasteiger charge is 2.17. The molecule has 0 spiro atoms. The third kappa shape index (κ3) is 3.84. The summed E-state index contributed by atoms with van der Waals surface area (Å²) in [4.78, 5) is 13.7. The SMILES string of the molecule is CN(C)[C@@H](CNC(=O)Nc1cccs1)c1ccco1. The van der Waals surface area contributed by atoms with Crippen LogP contribution in [0.3, 0.4) is 0 Å². The van der Waals surface area contributed by atoms with E-state index in [4.69, 9.17) is 4.42 Å². The predicted octanol–water partition coefficient (Wildman–Crippen LogP) is 2.77. The van der Waals surface area contributed by atoms with Crippen molar-refractivity contribution in [2.24, 2.45) is 0 Å². The van der Waals surface area contributed by atoms with E-state index in [1.807, 2.05) is 48.6 Å². The van der Waals surface area contributed by atoms with Crippen LogP contribution in [0.25, 0.3) is 0 Å². The molecule has 2 N–H and O–H groups in total. The number of rotatable bonds is 5. The lowest BCUT2D eigenvalue weighted by Gasteiger charge is -2.22. The van der Waals surface area contributed by atoms with Gasteiger partial charge in [0.1, 0.15) is 5.76 Å². The number of anilines is 1. The standard InChI is InChI=1S/C13H17N3O2S/c1-16(2)10(11-5-3-7-18-11)9-14-13(17)15-12-6-4-8-19-12/h3-8,10H,9H2,1-2H3,(H2,14,15,17)/t10-/m0/s1. The molecule has 0 unspecified atom stereocenters. The number of carbonyl (C=O) groups is 1. The van der Waals surface area contributed by atoms with Gasteiger partial charge in [-0.3, -0.25) is 10.2 Å². The number of hydrogen-bond acceptors (Lipinski definition) is 4. The Hall–Kier alpha value is -1.79. The summed E-state index contributed by atoms with van der Waals surface area (Å²) in [7, 11) is 3.90. The second-order valence-electron chi connectivity index (χ2n) is 4.31. The van der Waals surface area contributed by atoms with Crippen molar-refractivity contribution in [2.45, 2.75) is 6.04 Å². The average molecular weight is 279 g/mol. The summed E-state index contributed by atoms with van der Waals surface area (Å²) in [5.74, 6) is 0.835. The Bertz CT molecular complexity index is 494. The maximum Gasteiger partial charge on any atom is 0.319 e. The molecule has 6 heteroatoms. The third-order valence-electron chi connectivity index (χ3n) is 2.71. The van der Waals surface area contributed by atoms with Crippen LogP contribution in [0, 0.1) is 0 Å². The molecule has 0 aliphatic carbocycles. The maximum atomic E-state index is 11.7. The van der Waals surface area contributed by atoms with E-state index in [0.29, 0.717) is 6.54 Å². The highest BCUT2D eigenvalue weighted by molar-refractivity contribution is 7.14. The summed E-state index contributed by atoms with van der Waals surface area (Å²) in [6, 6.07) is 7.32. The molecule has 102 valence electrons. The highest BCUT2D eigenvalue weighted by Crippen LogP contribution is 2.18. The number of thiophene rings is 1. The fourth-order valence-corrected chi connectivity index (χ4v) is 2.33. The van der Waals surface area contributed by atoms with E-state index < -0.39 is 0 Å². The van der Waals surface area contributed by atoms with Crippen molar-refractivity contribution in [3.63, 3.8) is 0 Å². The first-order valence-corrected chi connectivity index (χ1v) is 6.83. The monoisotopic (exact) mass is 279 g/mol. The first kappa shape index (κ1) is 13.6. The Labute approximate surface area is 116 Å². The zero-order valence-electron chi connectivity index (χ0n) is 10.9. The van der Waals surface area contributed by atoms with Crippen LogP contribution >= 0.6 is 11.3 Å². The van der Waals surface area contributed by atoms with Gasteiger partial charge >= 0.3 is 6.03 Å². The molecule has 2 aromatic rings. The van der Waals surface area contributed by atoms with Crippen LogP contribution in [0.5, 0.6) is 0 Å². The fourth-order valence-electron chi connectivity index (χ4n) is 1.71. The molecular weight excluding hydrogens is 262 g/mol. The summed E-state index contributed by atoms with van der Waals surface area (Å²) in [6.45, 7) is 0.484. The summed E-state index contributed by atoms with van der Waals surface area (Å²) in [6.07, 6.45) is 1.64. The van der Waals surface area contributed by atoms with Gasteiger partial charge in [0.15, 0.2) is 0 Å². The molecule has 0 aliphatic rings. The minimum absolute atomic E-state index is 0.0177. The number of urea groups is 1. The Morgan fingerprint density at radius 2 is 2.26 bits per heavy atom. The Balaban J connectivity index is 1.87. The minimum Gasteiger partial charge on any atom is -0.468 e. The molecule has 0 aromatic carbocycles. The van der Waals surface area contributed by atoms with Gasteiger partial charge in [0.25, 0.3) is 0 Å². The van der Waals surface area contributed by atoms with Crippen molar-refractivity contribution in [2.75, 3.05) is 26.0 Å². The van der Waals surface area contributed by atoms with E-state index in [9.17, 15) is 4.79 Å². The van der Waals surface area contributed by atoms with Crippen LogP contribution in [0.2, 0.25) is 0 Å². The van der Waals surface area contributed by atoms with Gasteiger partial charge in [0, 0.05) is 6.54 Å². The molecule has 0 saturated carbocycles. The highest BCUT2D eigenvalue weighted by atomic mass is 32.1. The molecule has 2 rings (SSSR count). The van der Waals surface area contributed by atoms with Gasteiger partial charge in [-0.05, 0) is 43.7 Å². The van der Waals surface area contributed by atoms with E-state index in [2.05, 4.69) is 10.6 Å². The second-order valence-corrected chi connectivity index (χ2v) is 5.25. The molecule has 0 aliphatic heterocycles. The smallest absolute Gasteiger partial charge is 0.319 e. The number of likely N-dealkylation sites (N-methyl/N-ethyl adjacent to an activating group) is 1. The minimum atomic E-state index is -0.208. The summed E-state index contributed by atoms with van der Waals surface area (Å²) in [5, 5.41) is 8.37. The predicted molar refractivity (Wildman–Crippen MR) is 76.5 cm³/mol. The Kier molecular flexibility index (Phi) is 4.59. The molecule has 2 amide bonds. The average Bonchev–Trinajstić information content (AvgIpc) is 3.01. The summed E-state index contributed by atoms with van der Waals surface area (Å²) >= 11 is 1.49. The van der Waals surface area contributed by atoms with Crippen LogP contribution in [-0.2, 0) is 0 Å². The van der Waals surface area contributed by atoms with E-state index in [-0.39, 0.29) is 12.1 Å². The maximum absolute atomic E-state index is 11.7. The number of carbonyl (C=O) groups excluding carboxylic acids is 1. The largest absolute Gasteiger partial charge is 0.468 e. The topological polar surface area (TPSA) is 57.5 Å². The quantitative estimate of drug-likeness (QED) is 0.885. The van der Waals surface area contributed by atoms with Crippen molar-refractivity contribution < 1.29 is 9.21 Å². The zero-order valence-corrected chi connectivity index (χ0v) is 11.7. The van der Waals surface area contributed by atoms with Crippen molar-refractivity contribution in [3.8, 4) is 0 Å². The summed E-state index contributed by atoms with van der Waals surface area (Å²) in [5.41, 5.74) is 0. The molecule has 0 saturated heterocycles. The molecule has 0 fully saturated rings. The fraction of sp³-hybridized carbons (Fsp3) is 0.308. The lowest BCUT2D eigenvalue weighted by molar-refractivity contribution is 0.233. The Morgan fingerprint density at radius 3 is 2.84 bits per heavy atom. The number of nitrogens with zero attached hydrogens (tertiary/aromatic N) is 1. The normalized spacial score (nSPS) is 12.4. The van der Waals surface area contributed by atoms with Crippen LogP contribution in [0.15, 0.2) is 40.3 Å². The van der Waals surface area contributed by atoms with Gasteiger partial charge in [0.2, 0.25) is 0 Å². The molecule has 1 atom stereocenters. The van der Waals surface area contributed by atoms with Crippen LogP contribution in [-0.4, -0.2) is 31.6 Å². The molecule has 2 aromatic heterocycles. The Morgan fingerprint density at radius 1 is 1.42 bits per heavy atom. The van der Waals surface area contributed by atoms with Crippen molar-refractivity contribution >= 4 is 22.4 Å². The van der Waals surface area contributed by atoms with Crippen molar-refractivity contribution in [1.82, 2.24) is 10.2 Å². The van der Waals surface area contributed by atoms with Gasteiger partial charge in [0.05, 0.1) is 17.3 Å². The van der Waals surface area contributed by atoms with Crippen molar-refractivity contribution in [1.29, 1.82) is 0 Å². The first-order valence-electron chi connectivity index (χ1n) is 5.95. The van der Waals surface area contributed by atoms with Crippen LogP contribution in [0.1, 0.15) is 11.8 Å². The molecule has 5 nitrogen and oxygen atoms in total. The van der Waals surface area contributed by atoms with E-state index in [1.54, 1.807) is 6.26 Å². The molecule has 19 heavy (non-hydrogen) atoms. The van der Waals surface area contributed by atoms with Crippen LogP contribution < -0.4 is 10.6 Å². The van der Waals surface area contributed by atoms with E-state index in [0.717, 1.165) is 10.8 Å². The number of nitrogens with one attached hydrogen (secondary N) is 2. The van der Waals surface area contributed by atoms with E-state index >= 15 is 0 Å². The third-order valence-corrected chi connectivity index (χ3v) is 3.49. The first-order chi connectivity index (χ1) is 9.16. The van der Waals surface area contributed by atoms with Gasteiger partial charge in [-0.15, -0.1) is 11.3 Å². The van der Waals surface area contributed by atoms with Gasteiger partial charge in [-0.2, -0.15) is 0 Å². The number of furan rings is 1. The van der Waals surface area contributed by atoms with Gasteiger partial charge in [-0.25, -0.2) is 4.79 Å². The lowest BCUT2D eigenvalue weighted by atomic mass is 10.2. The molecular formula is C13H17N3O2S. The van der Waals surface area contributed by atoms with Crippen molar-refractivity contribution in [3.05, 3.63) is 41.7 Å². The molecule has 0 radical (unpaired) electrons. The number of hydrogen-bond donors (Lipinski definition) is 2. The van der Waals surface area contributed by atoms with E-state index in [1.165, 1.54) is 11.3 Å². The second kappa shape index (κ2) is 6.40. The molecule has 2 heterocycles. The molecule has 0 bridgehead atoms. The van der Waals surface area contributed by atoms with Gasteiger partial charge in [-0.1, -0.05) is 0 Å². The van der Waals surface area contributed by atoms with Crippen LogP contribution in [0.4, 0.5) is 9.80 Å².